The van der Waals surface area contributed by atoms with Crippen LogP contribution in [0.5, 0.6) is 0 Å². The van der Waals surface area contributed by atoms with Gasteiger partial charge in [-0.3, -0.25) is 15.2 Å². The molecule has 0 aliphatic heterocycles. The summed E-state index contributed by atoms with van der Waals surface area (Å²) in [5.74, 6) is 0.00705. The fraction of sp³-hybridized carbons (Fsp3) is 0.250. The van der Waals surface area contributed by atoms with Crippen LogP contribution in [0.1, 0.15) is 11.3 Å². The van der Waals surface area contributed by atoms with Gasteiger partial charge >= 0.3 is 0 Å². The van der Waals surface area contributed by atoms with Crippen molar-refractivity contribution in [3.05, 3.63) is 17.6 Å². The Kier molecular flexibility index (Phi) is 2.65. The highest BCUT2D eigenvalue weighted by Crippen LogP contribution is 2.28. The topological polar surface area (TPSA) is 109 Å². The second kappa shape index (κ2) is 3.97. The van der Waals surface area contributed by atoms with Gasteiger partial charge < -0.3 is 5.73 Å². The van der Waals surface area contributed by atoms with E-state index >= 15 is 0 Å². The summed E-state index contributed by atoms with van der Waals surface area (Å²) in [6, 6.07) is 0. The van der Waals surface area contributed by atoms with Crippen molar-refractivity contribution < 1.29 is 0 Å². The van der Waals surface area contributed by atoms with Crippen molar-refractivity contribution in [2.24, 2.45) is 12.8 Å². The molecule has 0 aliphatic rings. The van der Waals surface area contributed by atoms with E-state index in [0.29, 0.717) is 10.7 Å². The number of hydrogen-bond acceptors (Lipinski definition) is 5. The molecule has 2 aromatic rings. The number of aryl methyl sites for hydroxylation is 2. The van der Waals surface area contributed by atoms with Gasteiger partial charge in [0.1, 0.15) is 17.2 Å². The van der Waals surface area contributed by atoms with Gasteiger partial charge in [-0.1, -0.05) is 0 Å². The molecular weight excluding hydrogens is 226 g/mol. The maximum atomic E-state index is 7.52. The molecule has 0 radical (unpaired) electrons. The lowest BCUT2D eigenvalue weighted by Gasteiger charge is -2.01. The largest absolute Gasteiger partial charge is 0.384 e. The lowest BCUT2D eigenvalue weighted by atomic mass is 10.2. The zero-order valence-electron chi connectivity index (χ0n) is 8.85. The third kappa shape index (κ3) is 1.78. The predicted molar refractivity (Wildman–Crippen MR) is 59.5 cm³/mol. The first-order valence-corrected chi connectivity index (χ1v) is 5.32. The molecule has 4 N–H and O–H groups in total. The Bertz CT molecular complexity index is 513. The maximum Gasteiger partial charge on any atom is 0.189 e. The lowest BCUT2D eigenvalue weighted by Crippen LogP contribution is -2.13. The average Bonchev–Trinajstić information content (AvgIpc) is 2.76. The van der Waals surface area contributed by atoms with E-state index in [-0.39, 0.29) is 5.84 Å². The number of aromatic nitrogens is 5. The zero-order valence-corrected chi connectivity index (χ0v) is 9.67. The first kappa shape index (κ1) is 10.7. The molecule has 84 valence electrons. The molecule has 2 heterocycles. The standard InChI is InChI=1S/C8H11N7S/c1-4-5(6(9)10)7(15(2)14-4)16-8-11-3-12-13-8/h3H,1-2H3,(H3,9,10)(H,11,12,13). The van der Waals surface area contributed by atoms with Gasteiger partial charge in [0, 0.05) is 7.05 Å². The molecule has 0 fully saturated rings. The Morgan fingerprint density at radius 3 is 2.94 bits per heavy atom. The molecule has 2 aromatic heterocycles. The highest BCUT2D eigenvalue weighted by Gasteiger charge is 2.17. The third-order valence-electron chi connectivity index (χ3n) is 2.03. The van der Waals surface area contributed by atoms with Crippen molar-refractivity contribution in [2.45, 2.75) is 17.1 Å². The Balaban J connectivity index is 2.43. The van der Waals surface area contributed by atoms with Crippen molar-refractivity contribution in [3.63, 3.8) is 0 Å². The van der Waals surface area contributed by atoms with E-state index in [1.165, 1.54) is 18.1 Å². The highest BCUT2D eigenvalue weighted by molar-refractivity contribution is 7.99. The minimum absolute atomic E-state index is 0.00705. The predicted octanol–water partition coefficient (Wildman–Crippen LogP) is 0.282. The van der Waals surface area contributed by atoms with Crippen molar-refractivity contribution in [1.82, 2.24) is 25.0 Å². The van der Waals surface area contributed by atoms with Gasteiger partial charge in [0.15, 0.2) is 5.16 Å². The van der Waals surface area contributed by atoms with Crippen molar-refractivity contribution >= 4 is 17.6 Å². The molecule has 0 spiro atoms. The van der Waals surface area contributed by atoms with Crippen LogP contribution in [0.15, 0.2) is 16.5 Å². The SMILES string of the molecule is Cc1nn(C)c(Sc2ncn[nH]2)c1C(=N)N. The van der Waals surface area contributed by atoms with Gasteiger partial charge in [-0.15, -0.1) is 0 Å². The molecule has 0 atom stereocenters. The molecule has 0 amide bonds. The van der Waals surface area contributed by atoms with Gasteiger partial charge in [-0.25, -0.2) is 4.98 Å². The molecule has 0 unspecified atom stereocenters. The van der Waals surface area contributed by atoms with E-state index in [2.05, 4.69) is 20.3 Å². The highest BCUT2D eigenvalue weighted by atomic mass is 32.2. The van der Waals surface area contributed by atoms with Crippen LogP contribution in [0.2, 0.25) is 0 Å². The number of H-pyrrole nitrogens is 1. The van der Waals surface area contributed by atoms with Crippen LogP contribution >= 0.6 is 11.8 Å². The van der Waals surface area contributed by atoms with E-state index in [4.69, 9.17) is 11.1 Å². The van der Waals surface area contributed by atoms with Crippen LogP contribution in [0.4, 0.5) is 0 Å². The summed E-state index contributed by atoms with van der Waals surface area (Å²) in [6.07, 6.45) is 1.43. The molecule has 0 bridgehead atoms. The minimum Gasteiger partial charge on any atom is -0.384 e. The number of nitrogens with one attached hydrogen (secondary N) is 2. The number of amidine groups is 1. The van der Waals surface area contributed by atoms with E-state index in [1.807, 2.05) is 6.92 Å². The van der Waals surface area contributed by atoms with E-state index in [9.17, 15) is 0 Å². The van der Waals surface area contributed by atoms with Crippen molar-refractivity contribution in [1.29, 1.82) is 5.41 Å². The summed E-state index contributed by atoms with van der Waals surface area (Å²) >= 11 is 1.35. The van der Waals surface area contributed by atoms with Crippen LogP contribution in [0, 0.1) is 12.3 Å². The number of nitrogens with two attached hydrogens (primary N) is 1. The van der Waals surface area contributed by atoms with Crippen molar-refractivity contribution in [3.8, 4) is 0 Å². The quantitative estimate of drug-likeness (QED) is 0.524. The Labute approximate surface area is 96.0 Å². The smallest absolute Gasteiger partial charge is 0.189 e. The number of rotatable bonds is 3. The van der Waals surface area contributed by atoms with Crippen LogP contribution in [0.3, 0.4) is 0 Å². The monoisotopic (exact) mass is 237 g/mol. The van der Waals surface area contributed by atoms with Crippen LogP contribution in [0.25, 0.3) is 0 Å². The zero-order chi connectivity index (χ0) is 11.7. The van der Waals surface area contributed by atoms with Gasteiger partial charge in [-0.05, 0) is 18.7 Å². The number of nitrogens with zero attached hydrogens (tertiary/aromatic N) is 4. The van der Waals surface area contributed by atoms with E-state index < -0.39 is 0 Å². The fourth-order valence-electron chi connectivity index (χ4n) is 1.40. The molecule has 0 saturated carbocycles. The average molecular weight is 237 g/mol. The molecule has 0 aliphatic carbocycles. The number of aromatic amines is 1. The minimum atomic E-state index is 0.00705. The molecule has 7 nitrogen and oxygen atoms in total. The van der Waals surface area contributed by atoms with Crippen LogP contribution < -0.4 is 5.73 Å². The van der Waals surface area contributed by atoms with Gasteiger partial charge in [-0.2, -0.15) is 10.2 Å². The van der Waals surface area contributed by atoms with Gasteiger partial charge in [0.25, 0.3) is 0 Å². The summed E-state index contributed by atoms with van der Waals surface area (Å²) in [6.45, 7) is 1.82. The second-order valence-corrected chi connectivity index (χ2v) is 4.17. The van der Waals surface area contributed by atoms with Crippen LogP contribution in [-0.4, -0.2) is 30.8 Å². The number of hydrogen-bond donors (Lipinski definition) is 3. The third-order valence-corrected chi connectivity index (χ3v) is 3.08. The second-order valence-electron chi connectivity index (χ2n) is 3.20. The maximum absolute atomic E-state index is 7.52. The summed E-state index contributed by atoms with van der Waals surface area (Å²) in [7, 11) is 1.80. The molecule has 2 rings (SSSR count). The summed E-state index contributed by atoms with van der Waals surface area (Å²) in [5, 5.41) is 19.7. The Morgan fingerprint density at radius 2 is 2.38 bits per heavy atom. The van der Waals surface area contributed by atoms with E-state index in [1.54, 1.807) is 11.7 Å². The first-order chi connectivity index (χ1) is 7.59. The lowest BCUT2D eigenvalue weighted by molar-refractivity contribution is 0.690. The van der Waals surface area contributed by atoms with E-state index in [0.717, 1.165) is 10.7 Å². The summed E-state index contributed by atoms with van der Waals surface area (Å²) in [4.78, 5) is 4.01. The molecule has 8 heteroatoms. The van der Waals surface area contributed by atoms with Crippen LogP contribution in [-0.2, 0) is 7.05 Å². The summed E-state index contributed by atoms with van der Waals surface area (Å²) < 4.78 is 1.68. The molecule has 0 aromatic carbocycles. The molecule has 16 heavy (non-hydrogen) atoms. The van der Waals surface area contributed by atoms with Gasteiger partial charge in [0.05, 0.1) is 11.3 Å². The molecular formula is C8H11N7S. The fourth-order valence-corrected chi connectivity index (χ4v) is 2.31. The Morgan fingerprint density at radius 1 is 1.62 bits per heavy atom. The van der Waals surface area contributed by atoms with Crippen molar-refractivity contribution in [2.75, 3.05) is 0 Å². The molecule has 0 saturated heterocycles. The number of nitrogen functional groups attached to an aromatic ring is 1. The Hall–Kier alpha value is -1.83. The first-order valence-electron chi connectivity index (χ1n) is 4.50. The van der Waals surface area contributed by atoms with Gasteiger partial charge in [0.2, 0.25) is 0 Å². The normalized spacial score (nSPS) is 10.6. The summed E-state index contributed by atoms with van der Waals surface area (Å²) in [5.41, 5.74) is 6.90.